The lowest BCUT2D eigenvalue weighted by Crippen LogP contribution is -2.37. The van der Waals surface area contributed by atoms with Crippen molar-refractivity contribution in [1.29, 1.82) is 0 Å². The van der Waals surface area contributed by atoms with Gasteiger partial charge in [0.1, 0.15) is 19.8 Å². The molecule has 1 aliphatic heterocycles. The number of esters is 2. The number of quaternary nitrogens is 1. The molecule has 3 unspecified atom stereocenters. The topological polar surface area (TPSA) is 121 Å². The highest BCUT2D eigenvalue weighted by Crippen LogP contribution is 2.43. The minimum absolute atomic E-state index is 0.0137. The van der Waals surface area contributed by atoms with Crippen LogP contribution in [0.25, 0.3) is 0 Å². The fourth-order valence-electron chi connectivity index (χ4n) is 5.64. The second kappa shape index (κ2) is 34.3. The third-order valence-corrected chi connectivity index (χ3v) is 10.1. The Morgan fingerprint density at radius 2 is 1.25 bits per heavy atom. The van der Waals surface area contributed by atoms with E-state index in [9.17, 15) is 19.0 Å². The van der Waals surface area contributed by atoms with E-state index in [2.05, 4.69) is 86.8 Å². The molecule has 0 aromatic carbocycles. The van der Waals surface area contributed by atoms with Crippen molar-refractivity contribution in [1.82, 2.24) is 0 Å². The van der Waals surface area contributed by atoms with Crippen LogP contribution in [0, 0.1) is 0 Å². The van der Waals surface area contributed by atoms with Crippen molar-refractivity contribution >= 4 is 19.8 Å². The van der Waals surface area contributed by atoms with E-state index in [1.54, 1.807) is 0 Å². The number of likely N-dealkylation sites (N-methyl/N-ethyl adjacent to an activating group) is 1. The van der Waals surface area contributed by atoms with Gasteiger partial charge in [-0.15, -0.1) is 0 Å². The molecule has 10 nitrogen and oxygen atoms in total. The Labute approximate surface area is 346 Å². The summed E-state index contributed by atoms with van der Waals surface area (Å²) in [6, 6.07) is 0. The van der Waals surface area contributed by atoms with Crippen molar-refractivity contribution in [3.8, 4) is 0 Å². The fraction of sp³-hybridized carbons (Fsp3) is 0.696. The van der Waals surface area contributed by atoms with Gasteiger partial charge in [-0.2, -0.15) is 0 Å². The third-order valence-electron chi connectivity index (χ3n) is 9.14. The van der Waals surface area contributed by atoms with Crippen molar-refractivity contribution < 1.29 is 46.8 Å². The largest absolute Gasteiger partial charge is 0.472 e. The van der Waals surface area contributed by atoms with Crippen LogP contribution in [0.3, 0.4) is 0 Å². The first-order valence-corrected chi connectivity index (χ1v) is 23.3. The number of phosphoric acid groups is 1. The van der Waals surface area contributed by atoms with Gasteiger partial charge in [0.05, 0.1) is 40.0 Å². The van der Waals surface area contributed by atoms with Crippen molar-refractivity contribution in [2.24, 2.45) is 0 Å². The van der Waals surface area contributed by atoms with E-state index in [0.717, 1.165) is 77.0 Å². The molecule has 0 aromatic rings. The van der Waals surface area contributed by atoms with Gasteiger partial charge in [-0.3, -0.25) is 18.6 Å². The van der Waals surface area contributed by atoms with E-state index in [-0.39, 0.29) is 26.1 Å². The normalized spacial score (nSPS) is 17.9. The Morgan fingerprint density at radius 1 is 0.667 bits per heavy atom. The summed E-state index contributed by atoms with van der Waals surface area (Å²) in [5, 5.41) is 0. The number of carbonyl (C=O) groups is 2. The van der Waals surface area contributed by atoms with Gasteiger partial charge in [0.2, 0.25) is 0 Å². The van der Waals surface area contributed by atoms with Crippen LogP contribution in [0.1, 0.15) is 142 Å². The first-order chi connectivity index (χ1) is 27.5. The molecule has 1 N–H and O–H groups in total. The van der Waals surface area contributed by atoms with Gasteiger partial charge in [-0.1, -0.05) is 125 Å². The summed E-state index contributed by atoms with van der Waals surface area (Å²) in [7, 11) is 1.41. The van der Waals surface area contributed by atoms with Crippen LogP contribution < -0.4 is 0 Å². The number of ether oxygens (including phenoxy) is 3. The number of unbranched alkanes of at least 4 members (excludes halogenated alkanes) is 8. The van der Waals surface area contributed by atoms with Crippen LogP contribution in [0.5, 0.6) is 0 Å². The molecule has 0 bridgehead atoms. The maximum atomic E-state index is 12.7. The fourth-order valence-corrected chi connectivity index (χ4v) is 6.38. The molecule has 0 radical (unpaired) electrons. The third kappa shape index (κ3) is 35.1. The van der Waals surface area contributed by atoms with Crippen LogP contribution >= 0.6 is 7.82 Å². The molecule has 57 heavy (non-hydrogen) atoms. The summed E-state index contributed by atoms with van der Waals surface area (Å²) >= 11 is 0. The average Bonchev–Trinajstić information content (AvgIpc) is 3.91. The lowest BCUT2D eigenvalue weighted by molar-refractivity contribution is -0.870. The van der Waals surface area contributed by atoms with E-state index in [4.69, 9.17) is 23.3 Å². The van der Waals surface area contributed by atoms with Crippen molar-refractivity contribution in [2.45, 2.75) is 161 Å². The van der Waals surface area contributed by atoms with E-state index in [1.807, 2.05) is 21.1 Å². The summed E-state index contributed by atoms with van der Waals surface area (Å²) in [6.45, 7) is 4.16. The van der Waals surface area contributed by atoms with Gasteiger partial charge in [0.15, 0.2) is 6.10 Å². The van der Waals surface area contributed by atoms with Gasteiger partial charge in [0.25, 0.3) is 0 Å². The van der Waals surface area contributed by atoms with Crippen molar-refractivity contribution in [3.05, 3.63) is 72.9 Å². The molecule has 1 saturated heterocycles. The zero-order valence-electron chi connectivity index (χ0n) is 36.2. The Kier molecular flexibility index (Phi) is 31.5. The summed E-state index contributed by atoms with van der Waals surface area (Å²) in [4.78, 5) is 35.3. The first kappa shape index (κ1) is 52.4. The number of carbonyl (C=O) groups excluding carboxylic acids is 2. The van der Waals surface area contributed by atoms with E-state index in [1.165, 1.54) is 25.7 Å². The number of nitrogens with zero attached hydrogens (tertiary/aromatic N) is 1. The van der Waals surface area contributed by atoms with Crippen LogP contribution in [0.15, 0.2) is 72.9 Å². The zero-order chi connectivity index (χ0) is 41.9. The Bertz CT molecular complexity index is 1270. The van der Waals surface area contributed by atoms with E-state index in [0.29, 0.717) is 36.1 Å². The molecule has 0 spiro atoms. The van der Waals surface area contributed by atoms with Gasteiger partial charge in [0, 0.05) is 12.8 Å². The second-order valence-electron chi connectivity index (χ2n) is 15.7. The van der Waals surface area contributed by atoms with Crippen LogP contribution in [0.4, 0.5) is 0 Å². The lowest BCUT2D eigenvalue weighted by atomic mass is 10.1. The molecular weight excluding hydrogens is 741 g/mol. The molecule has 0 saturated carbocycles. The predicted octanol–water partition coefficient (Wildman–Crippen LogP) is 11.2. The number of phosphoric ester groups is 1. The van der Waals surface area contributed by atoms with Gasteiger partial charge in [-0.05, 0) is 77.0 Å². The second-order valence-corrected chi connectivity index (χ2v) is 17.2. The summed E-state index contributed by atoms with van der Waals surface area (Å²) in [5.41, 5.74) is 0. The number of allylic oxidation sites excluding steroid dienone is 11. The molecule has 0 aromatic heterocycles. The average molecular weight is 821 g/mol. The highest BCUT2D eigenvalue weighted by atomic mass is 31.2. The molecule has 4 atom stereocenters. The summed E-state index contributed by atoms with van der Waals surface area (Å²) in [6.07, 6.45) is 44.2. The maximum absolute atomic E-state index is 12.7. The molecule has 1 rings (SSSR count). The monoisotopic (exact) mass is 821 g/mol. The number of hydrogen-bond donors (Lipinski definition) is 1. The van der Waals surface area contributed by atoms with Gasteiger partial charge < -0.3 is 23.6 Å². The Morgan fingerprint density at radius 3 is 1.89 bits per heavy atom. The summed E-state index contributed by atoms with van der Waals surface area (Å²) < 4.78 is 39.9. The minimum atomic E-state index is -4.40. The molecule has 326 valence electrons. The molecule has 0 aliphatic carbocycles. The molecule has 0 amide bonds. The molecule has 11 heteroatoms. The minimum Gasteiger partial charge on any atom is -0.462 e. The van der Waals surface area contributed by atoms with E-state index < -0.39 is 32.5 Å². The summed E-state index contributed by atoms with van der Waals surface area (Å²) in [5.74, 6) is -0.897. The van der Waals surface area contributed by atoms with Crippen molar-refractivity contribution in [2.75, 3.05) is 47.5 Å². The quantitative estimate of drug-likeness (QED) is 0.0163. The number of hydrogen-bond acceptors (Lipinski definition) is 8. The number of epoxide rings is 1. The number of rotatable bonds is 37. The van der Waals surface area contributed by atoms with Crippen LogP contribution in [-0.4, -0.2) is 87.1 Å². The Balaban J connectivity index is 2.34. The standard InChI is InChI=1S/C46H78NO9P/c1-6-8-10-11-12-13-14-15-16-17-18-23-26-29-33-37-46(49)55-42(41-54-57(50,51)53-39-38-47(3,4)5)40-52-45(48)36-32-28-25-22-20-19-21-24-27-31-35-44-43(56-44)34-30-9-7-2/h8,10,12-13,15-16,19,21-22,25,27,31,42-44H,6-7,9,11,14,17-18,20,23-24,26,28-30,32-41H2,1-5H3/p+1/b10-8-,13-12-,16-15-,21-19-,25-22-,31-27-/t42-,43?,44?/m1/s1. The molecule has 1 heterocycles. The smallest absolute Gasteiger partial charge is 0.462 e. The SMILES string of the molecule is CC/C=C\C/C=C\C/C=C\CCCCCCCC(=O)O[C@H](COC(=O)CCC/C=C\C/C=C\C/C=C\CC1OC1CCCCC)COP(=O)(O)OCC[N+](C)(C)C. The Hall–Kier alpha value is -2.59. The zero-order valence-corrected chi connectivity index (χ0v) is 37.1. The predicted molar refractivity (Wildman–Crippen MR) is 233 cm³/mol. The molecule has 1 aliphatic rings. The van der Waals surface area contributed by atoms with Crippen LogP contribution in [0.2, 0.25) is 0 Å². The van der Waals surface area contributed by atoms with Gasteiger partial charge in [-0.25, -0.2) is 4.57 Å². The first-order valence-electron chi connectivity index (χ1n) is 21.8. The molecule has 1 fully saturated rings. The highest BCUT2D eigenvalue weighted by molar-refractivity contribution is 7.47. The lowest BCUT2D eigenvalue weighted by Gasteiger charge is -2.24. The van der Waals surface area contributed by atoms with Crippen molar-refractivity contribution in [3.63, 3.8) is 0 Å². The van der Waals surface area contributed by atoms with E-state index >= 15 is 0 Å². The molecular formula is C46H79NO9P+. The highest BCUT2D eigenvalue weighted by Gasteiger charge is 2.36. The van der Waals surface area contributed by atoms with Crippen LogP contribution in [-0.2, 0) is 37.4 Å². The maximum Gasteiger partial charge on any atom is 0.472 e. The van der Waals surface area contributed by atoms with Gasteiger partial charge >= 0.3 is 19.8 Å².